The highest BCUT2D eigenvalue weighted by Gasteiger charge is 2.68. The van der Waals surface area contributed by atoms with Gasteiger partial charge in [-0.05, 0) is 86.5 Å². The van der Waals surface area contributed by atoms with Gasteiger partial charge in [-0.2, -0.15) is 0 Å². The molecule has 1 spiro atoms. The van der Waals surface area contributed by atoms with Crippen molar-refractivity contribution in [2.75, 3.05) is 20.0 Å². The van der Waals surface area contributed by atoms with Crippen molar-refractivity contribution in [1.29, 1.82) is 0 Å². The molecule has 3 aliphatic carbocycles. The SMILES string of the molecule is CCOCOc1ccc2c(c1)CC[C@@H]1[C@@H]2CC[C@@]2(C)[C@H]1CC[C@@]21CO1. The number of aryl methyl sites for hydroxylation is 1. The van der Waals surface area contributed by atoms with Gasteiger partial charge in [0.25, 0.3) is 0 Å². The van der Waals surface area contributed by atoms with E-state index in [0.717, 1.165) is 30.1 Å². The first-order chi connectivity index (χ1) is 12.2. The lowest BCUT2D eigenvalue weighted by molar-refractivity contribution is 0.0117. The van der Waals surface area contributed by atoms with Crippen LogP contribution in [-0.2, 0) is 15.9 Å². The van der Waals surface area contributed by atoms with E-state index in [9.17, 15) is 0 Å². The molecule has 4 aliphatic rings. The highest BCUT2D eigenvalue weighted by atomic mass is 16.7. The summed E-state index contributed by atoms with van der Waals surface area (Å²) in [6, 6.07) is 6.75. The van der Waals surface area contributed by atoms with Gasteiger partial charge in [0.05, 0.1) is 12.2 Å². The molecule has 3 heteroatoms. The summed E-state index contributed by atoms with van der Waals surface area (Å²) in [6.45, 7) is 6.60. The minimum atomic E-state index is 0.264. The molecule has 3 fully saturated rings. The van der Waals surface area contributed by atoms with Gasteiger partial charge in [0.2, 0.25) is 0 Å². The molecule has 5 rings (SSSR count). The first kappa shape index (κ1) is 16.1. The van der Waals surface area contributed by atoms with E-state index in [2.05, 4.69) is 25.1 Å². The molecule has 0 aromatic heterocycles. The van der Waals surface area contributed by atoms with E-state index >= 15 is 0 Å². The maximum Gasteiger partial charge on any atom is 0.189 e. The molecule has 5 atom stereocenters. The summed E-state index contributed by atoms with van der Waals surface area (Å²) >= 11 is 0. The van der Waals surface area contributed by atoms with Gasteiger partial charge in [0.15, 0.2) is 6.79 Å². The van der Waals surface area contributed by atoms with Crippen molar-refractivity contribution < 1.29 is 14.2 Å². The maximum absolute atomic E-state index is 6.01. The highest BCUT2D eigenvalue weighted by Crippen LogP contribution is 2.68. The molecule has 1 saturated heterocycles. The summed E-state index contributed by atoms with van der Waals surface area (Å²) < 4.78 is 17.1. The molecule has 1 aromatic rings. The van der Waals surface area contributed by atoms with Crippen LogP contribution in [0, 0.1) is 17.3 Å². The molecular formula is C22H30O3. The minimum Gasteiger partial charge on any atom is -0.468 e. The zero-order valence-electron chi connectivity index (χ0n) is 15.6. The molecule has 3 nitrogen and oxygen atoms in total. The Kier molecular flexibility index (Phi) is 3.69. The average molecular weight is 342 g/mol. The molecular weight excluding hydrogens is 312 g/mol. The molecule has 25 heavy (non-hydrogen) atoms. The maximum atomic E-state index is 6.01. The standard InChI is InChI=1S/C22H30O3/c1-3-23-14-24-16-5-7-17-15(12-16)4-6-19-18(17)8-10-21(2)20(19)9-11-22(21)13-25-22/h5,7,12,18-20H,3-4,6,8-11,13-14H2,1-2H3/t18-,19-,20+,21+,22-/m1/s1. The Morgan fingerprint density at radius 1 is 1.20 bits per heavy atom. The number of epoxide rings is 1. The Balaban J connectivity index is 1.38. The van der Waals surface area contributed by atoms with Crippen LogP contribution in [0.1, 0.15) is 63.0 Å². The Labute approximate surface area is 151 Å². The number of hydrogen-bond acceptors (Lipinski definition) is 3. The minimum absolute atomic E-state index is 0.264. The molecule has 136 valence electrons. The molecule has 0 radical (unpaired) electrons. The Morgan fingerprint density at radius 3 is 2.88 bits per heavy atom. The summed E-state index contributed by atoms with van der Waals surface area (Å²) in [6.07, 6.45) is 7.87. The number of hydrogen-bond donors (Lipinski definition) is 0. The van der Waals surface area contributed by atoms with E-state index in [1.807, 2.05) is 6.92 Å². The van der Waals surface area contributed by atoms with Gasteiger partial charge in [-0.1, -0.05) is 13.0 Å². The van der Waals surface area contributed by atoms with Crippen LogP contribution < -0.4 is 4.74 Å². The quantitative estimate of drug-likeness (QED) is 0.452. The lowest BCUT2D eigenvalue weighted by Crippen LogP contribution is -2.45. The van der Waals surface area contributed by atoms with Crippen LogP contribution in [-0.4, -0.2) is 25.6 Å². The van der Waals surface area contributed by atoms with Crippen molar-refractivity contribution in [3.63, 3.8) is 0 Å². The van der Waals surface area contributed by atoms with Crippen LogP contribution in [0.3, 0.4) is 0 Å². The van der Waals surface area contributed by atoms with Crippen molar-refractivity contribution in [1.82, 2.24) is 0 Å². The molecule has 0 bridgehead atoms. The third-order valence-electron chi connectivity index (χ3n) is 7.99. The first-order valence-corrected chi connectivity index (χ1v) is 10.1. The van der Waals surface area contributed by atoms with E-state index < -0.39 is 0 Å². The van der Waals surface area contributed by atoms with Gasteiger partial charge in [0, 0.05) is 12.0 Å². The third-order valence-corrected chi connectivity index (χ3v) is 7.99. The summed E-state index contributed by atoms with van der Waals surface area (Å²) in [5, 5.41) is 0. The normalized spacial score (nSPS) is 41.1. The largest absolute Gasteiger partial charge is 0.468 e. The summed E-state index contributed by atoms with van der Waals surface area (Å²) in [5.41, 5.74) is 3.81. The number of benzene rings is 1. The fourth-order valence-electron chi connectivity index (χ4n) is 6.50. The van der Waals surface area contributed by atoms with Crippen LogP contribution in [0.5, 0.6) is 5.75 Å². The van der Waals surface area contributed by atoms with Crippen molar-refractivity contribution in [3.8, 4) is 5.75 Å². The molecule has 0 amide bonds. The van der Waals surface area contributed by atoms with Gasteiger partial charge in [-0.3, -0.25) is 0 Å². The number of fused-ring (bicyclic) bond motifs is 6. The van der Waals surface area contributed by atoms with Crippen molar-refractivity contribution in [2.24, 2.45) is 17.3 Å². The van der Waals surface area contributed by atoms with Crippen molar-refractivity contribution in [3.05, 3.63) is 29.3 Å². The second-order valence-electron chi connectivity index (χ2n) is 8.81. The highest BCUT2D eigenvalue weighted by molar-refractivity contribution is 5.41. The topological polar surface area (TPSA) is 31.0 Å². The predicted molar refractivity (Wildman–Crippen MR) is 96.9 cm³/mol. The molecule has 1 aromatic carbocycles. The van der Waals surface area contributed by atoms with E-state index in [-0.39, 0.29) is 5.60 Å². The molecule has 0 unspecified atom stereocenters. The van der Waals surface area contributed by atoms with E-state index in [4.69, 9.17) is 14.2 Å². The summed E-state index contributed by atoms with van der Waals surface area (Å²) in [7, 11) is 0. The molecule has 1 heterocycles. The molecule has 0 N–H and O–H groups in total. The van der Waals surface area contributed by atoms with E-state index in [0.29, 0.717) is 18.8 Å². The monoisotopic (exact) mass is 342 g/mol. The fraction of sp³-hybridized carbons (Fsp3) is 0.727. The summed E-state index contributed by atoms with van der Waals surface area (Å²) in [4.78, 5) is 0. The molecule has 2 saturated carbocycles. The number of ether oxygens (including phenoxy) is 3. The van der Waals surface area contributed by atoms with E-state index in [1.54, 1.807) is 5.56 Å². The summed E-state index contributed by atoms with van der Waals surface area (Å²) in [5.74, 6) is 3.41. The van der Waals surface area contributed by atoms with Crippen LogP contribution in [0.25, 0.3) is 0 Å². The van der Waals surface area contributed by atoms with Crippen LogP contribution in [0.2, 0.25) is 0 Å². The van der Waals surface area contributed by atoms with E-state index in [1.165, 1.54) is 44.1 Å². The third kappa shape index (κ3) is 2.31. The Hall–Kier alpha value is -1.06. The van der Waals surface area contributed by atoms with Crippen molar-refractivity contribution in [2.45, 2.75) is 63.9 Å². The molecule has 1 aliphatic heterocycles. The van der Waals surface area contributed by atoms with Gasteiger partial charge in [-0.15, -0.1) is 0 Å². The number of rotatable bonds is 4. The first-order valence-electron chi connectivity index (χ1n) is 10.1. The zero-order chi connectivity index (χ0) is 17.1. The van der Waals surface area contributed by atoms with Crippen LogP contribution in [0.15, 0.2) is 18.2 Å². The Morgan fingerprint density at radius 2 is 2.08 bits per heavy atom. The smallest absolute Gasteiger partial charge is 0.189 e. The van der Waals surface area contributed by atoms with Crippen LogP contribution >= 0.6 is 0 Å². The van der Waals surface area contributed by atoms with Gasteiger partial charge < -0.3 is 14.2 Å². The van der Waals surface area contributed by atoms with Gasteiger partial charge in [-0.25, -0.2) is 0 Å². The average Bonchev–Trinajstić information content (AvgIpc) is 3.36. The van der Waals surface area contributed by atoms with Gasteiger partial charge >= 0.3 is 0 Å². The predicted octanol–water partition coefficient (Wildman–Crippen LogP) is 4.68. The second kappa shape index (κ2) is 5.72. The zero-order valence-corrected chi connectivity index (χ0v) is 15.6. The Bertz CT molecular complexity index is 665. The van der Waals surface area contributed by atoms with Crippen molar-refractivity contribution >= 4 is 0 Å². The van der Waals surface area contributed by atoms with Gasteiger partial charge in [0.1, 0.15) is 5.75 Å². The van der Waals surface area contributed by atoms with Crippen LogP contribution in [0.4, 0.5) is 0 Å². The lowest BCUT2D eigenvalue weighted by Gasteiger charge is -2.50. The second-order valence-corrected chi connectivity index (χ2v) is 8.81. The fourth-order valence-corrected chi connectivity index (χ4v) is 6.50. The lowest BCUT2D eigenvalue weighted by atomic mass is 9.54.